The molecule has 1 aromatic heterocycles. The average molecular weight is 429 g/mol. The van der Waals surface area contributed by atoms with Crippen molar-refractivity contribution >= 4 is 28.9 Å². The minimum absolute atomic E-state index is 0.00646. The first kappa shape index (κ1) is 21.6. The van der Waals surface area contributed by atoms with Crippen LogP contribution in [0.2, 0.25) is 0 Å². The lowest BCUT2D eigenvalue weighted by Crippen LogP contribution is -2.35. The molecule has 3 aromatic rings. The Kier molecular flexibility index (Phi) is 6.62. The zero-order chi connectivity index (χ0) is 21.8. The molecule has 7 heteroatoms. The zero-order valence-corrected chi connectivity index (χ0v) is 17.4. The van der Waals surface area contributed by atoms with Crippen LogP contribution in [0.4, 0.5) is 14.5 Å². The highest BCUT2D eigenvalue weighted by molar-refractivity contribution is 7.18. The summed E-state index contributed by atoms with van der Waals surface area (Å²) in [6.45, 7) is 3.39. The fourth-order valence-electron chi connectivity index (χ4n) is 3.02. The smallest absolute Gasteiger partial charge is 0.348 e. The first-order chi connectivity index (χ1) is 14.3. The third-order valence-corrected chi connectivity index (χ3v) is 6.06. The summed E-state index contributed by atoms with van der Waals surface area (Å²) in [5.41, 5.74) is 1.14. The van der Waals surface area contributed by atoms with Gasteiger partial charge in [-0.15, -0.1) is 11.3 Å². The lowest BCUT2D eigenvalue weighted by atomic mass is 10.1. The number of halogens is 2. The van der Waals surface area contributed by atoms with E-state index < -0.39 is 23.5 Å². The summed E-state index contributed by atoms with van der Waals surface area (Å²) in [5, 5.41) is 9.76. The maximum Gasteiger partial charge on any atom is 0.348 e. The van der Waals surface area contributed by atoms with Crippen LogP contribution < -0.4 is 4.90 Å². The molecule has 1 heterocycles. The summed E-state index contributed by atoms with van der Waals surface area (Å²) >= 11 is 1.06. The highest BCUT2D eigenvalue weighted by Gasteiger charge is 2.28. The van der Waals surface area contributed by atoms with E-state index in [0.717, 1.165) is 29.0 Å². The summed E-state index contributed by atoms with van der Waals surface area (Å²) in [4.78, 5) is 27.0. The van der Waals surface area contributed by atoms with Crippen LogP contribution in [-0.4, -0.2) is 17.0 Å². The van der Waals surface area contributed by atoms with Crippen molar-refractivity contribution in [2.24, 2.45) is 5.92 Å². The van der Waals surface area contributed by atoms with Crippen LogP contribution in [0, 0.1) is 17.6 Å². The number of carbonyl (C=O) groups is 2. The van der Waals surface area contributed by atoms with Gasteiger partial charge in [-0.1, -0.05) is 50.2 Å². The van der Waals surface area contributed by atoms with Gasteiger partial charge in [-0.3, -0.25) is 4.79 Å². The first-order valence-corrected chi connectivity index (χ1v) is 10.3. The van der Waals surface area contributed by atoms with E-state index in [4.69, 9.17) is 0 Å². The second-order valence-electron chi connectivity index (χ2n) is 6.97. The average Bonchev–Trinajstić information content (AvgIpc) is 3.18. The highest BCUT2D eigenvalue weighted by atomic mass is 32.1. The second kappa shape index (κ2) is 9.17. The van der Waals surface area contributed by atoms with Gasteiger partial charge >= 0.3 is 5.97 Å². The molecule has 0 bridgehead atoms. The SMILES string of the molecule is CCC(C)C(=O)N(Cc1ccc(F)cc1F)c1cc(-c2ccccc2)sc1C(=O)O. The summed E-state index contributed by atoms with van der Waals surface area (Å²) in [6, 6.07) is 14.0. The highest BCUT2D eigenvalue weighted by Crippen LogP contribution is 2.38. The van der Waals surface area contributed by atoms with Crippen LogP contribution in [-0.2, 0) is 11.3 Å². The fraction of sp³-hybridized carbons (Fsp3) is 0.217. The molecular weight excluding hydrogens is 408 g/mol. The Balaban J connectivity index is 2.11. The minimum Gasteiger partial charge on any atom is -0.477 e. The van der Waals surface area contributed by atoms with Gasteiger partial charge in [0.2, 0.25) is 5.91 Å². The Morgan fingerprint density at radius 3 is 2.40 bits per heavy atom. The van der Waals surface area contributed by atoms with Crippen molar-refractivity contribution in [3.8, 4) is 10.4 Å². The van der Waals surface area contributed by atoms with E-state index in [9.17, 15) is 23.5 Å². The Hall–Kier alpha value is -3.06. The fourth-order valence-corrected chi connectivity index (χ4v) is 4.03. The van der Waals surface area contributed by atoms with Gasteiger partial charge in [-0.25, -0.2) is 13.6 Å². The normalized spacial score (nSPS) is 11.9. The number of carboxylic acids is 1. The van der Waals surface area contributed by atoms with Crippen LogP contribution in [0.25, 0.3) is 10.4 Å². The zero-order valence-electron chi connectivity index (χ0n) is 16.6. The number of nitrogens with zero attached hydrogens (tertiary/aromatic N) is 1. The molecule has 1 atom stereocenters. The number of aromatic carboxylic acids is 1. The van der Waals surface area contributed by atoms with Crippen LogP contribution in [0.1, 0.15) is 35.5 Å². The number of anilines is 1. The van der Waals surface area contributed by atoms with Crippen LogP contribution in [0.15, 0.2) is 54.6 Å². The number of benzene rings is 2. The van der Waals surface area contributed by atoms with Gasteiger partial charge in [-0.2, -0.15) is 0 Å². The van der Waals surface area contributed by atoms with Gasteiger partial charge in [0.25, 0.3) is 0 Å². The Labute approximate surface area is 177 Å². The van der Waals surface area contributed by atoms with E-state index in [1.54, 1.807) is 13.0 Å². The maximum absolute atomic E-state index is 14.3. The van der Waals surface area contributed by atoms with Crippen molar-refractivity contribution in [3.63, 3.8) is 0 Å². The number of hydrogen-bond acceptors (Lipinski definition) is 3. The molecule has 30 heavy (non-hydrogen) atoms. The monoisotopic (exact) mass is 429 g/mol. The summed E-state index contributed by atoms with van der Waals surface area (Å²) < 4.78 is 27.6. The molecule has 0 aliphatic heterocycles. The topological polar surface area (TPSA) is 57.6 Å². The standard InChI is InChI=1S/C23H21F2NO3S/c1-3-14(2)22(27)26(13-16-9-10-17(24)11-18(16)25)19-12-20(30-21(19)23(28)29)15-7-5-4-6-8-15/h4-12,14H,3,13H2,1-2H3,(H,28,29). The van der Waals surface area contributed by atoms with Gasteiger partial charge in [-0.05, 0) is 24.1 Å². The van der Waals surface area contributed by atoms with E-state index in [2.05, 4.69) is 0 Å². The van der Waals surface area contributed by atoms with Crippen molar-refractivity contribution in [1.82, 2.24) is 0 Å². The van der Waals surface area contributed by atoms with E-state index in [0.29, 0.717) is 11.3 Å². The molecule has 0 saturated carbocycles. The number of amides is 1. The van der Waals surface area contributed by atoms with Crippen molar-refractivity contribution in [2.45, 2.75) is 26.8 Å². The van der Waals surface area contributed by atoms with Gasteiger partial charge < -0.3 is 10.0 Å². The van der Waals surface area contributed by atoms with Crippen molar-refractivity contribution in [3.05, 3.63) is 76.7 Å². The third kappa shape index (κ3) is 4.57. The largest absolute Gasteiger partial charge is 0.477 e. The molecule has 1 amide bonds. The minimum atomic E-state index is -1.17. The molecule has 156 valence electrons. The molecule has 3 rings (SSSR count). The van der Waals surface area contributed by atoms with E-state index in [-0.39, 0.29) is 28.6 Å². The van der Waals surface area contributed by atoms with Gasteiger partial charge in [0, 0.05) is 22.4 Å². The predicted octanol–water partition coefficient (Wildman–Crippen LogP) is 5.97. The van der Waals surface area contributed by atoms with Gasteiger partial charge in [0.1, 0.15) is 16.5 Å². The molecule has 1 N–H and O–H groups in total. The van der Waals surface area contributed by atoms with Crippen LogP contribution in [0.5, 0.6) is 0 Å². The number of hydrogen-bond donors (Lipinski definition) is 1. The summed E-state index contributed by atoms with van der Waals surface area (Å²) in [7, 11) is 0. The molecule has 2 aromatic carbocycles. The molecule has 1 unspecified atom stereocenters. The van der Waals surface area contributed by atoms with Crippen molar-refractivity contribution in [2.75, 3.05) is 4.90 Å². The molecule has 4 nitrogen and oxygen atoms in total. The van der Waals surface area contributed by atoms with E-state index in [1.165, 1.54) is 11.0 Å². The van der Waals surface area contributed by atoms with Crippen molar-refractivity contribution < 1.29 is 23.5 Å². The molecule has 0 radical (unpaired) electrons. The quantitative estimate of drug-likeness (QED) is 0.503. The molecule has 0 spiro atoms. The lowest BCUT2D eigenvalue weighted by molar-refractivity contribution is -0.122. The Bertz CT molecular complexity index is 1070. The van der Waals surface area contributed by atoms with E-state index in [1.807, 2.05) is 37.3 Å². The number of rotatable bonds is 7. The lowest BCUT2D eigenvalue weighted by Gasteiger charge is -2.25. The third-order valence-electron chi connectivity index (χ3n) is 4.90. The maximum atomic E-state index is 14.3. The predicted molar refractivity (Wildman–Crippen MR) is 114 cm³/mol. The second-order valence-corrected chi connectivity index (χ2v) is 8.02. The number of carbonyl (C=O) groups excluding carboxylic acids is 1. The van der Waals surface area contributed by atoms with E-state index >= 15 is 0 Å². The van der Waals surface area contributed by atoms with Gasteiger partial charge in [0.05, 0.1) is 12.2 Å². The molecule has 0 fully saturated rings. The molecule has 0 saturated heterocycles. The molecule has 0 aliphatic carbocycles. The summed E-state index contributed by atoms with van der Waals surface area (Å²) in [5.74, 6) is -3.38. The van der Waals surface area contributed by atoms with Crippen LogP contribution >= 0.6 is 11.3 Å². The summed E-state index contributed by atoms with van der Waals surface area (Å²) in [6.07, 6.45) is 0.541. The Morgan fingerprint density at radius 1 is 1.10 bits per heavy atom. The van der Waals surface area contributed by atoms with Gasteiger partial charge in [0.15, 0.2) is 0 Å². The number of carboxylic acid groups (broad SMARTS) is 1. The number of thiophene rings is 1. The molecule has 0 aliphatic rings. The van der Waals surface area contributed by atoms with Crippen molar-refractivity contribution in [1.29, 1.82) is 0 Å². The Morgan fingerprint density at radius 2 is 1.80 bits per heavy atom. The molecular formula is C23H21F2NO3S. The first-order valence-electron chi connectivity index (χ1n) is 9.49. The van der Waals surface area contributed by atoms with Crippen LogP contribution in [0.3, 0.4) is 0 Å².